The highest BCUT2D eigenvalue weighted by Crippen LogP contribution is 2.30. The maximum absolute atomic E-state index is 13.5. The number of hydrogen-bond acceptors (Lipinski definition) is 4. The Labute approximate surface area is 130 Å². The van der Waals surface area contributed by atoms with Crippen LogP contribution in [-0.4, -0.2) is 12.1 Å². The molecule has 6 heteroatoms. The topological polar surface area (TPSA) is 34.1 Å². The zero-order chi connectivity index (χ0) is 15.5. The zero-order valence-corrected chi connectivity index (χ0v) is 12.5. The van der Waals surface area contributed by atoms with Gasteiger partial charge in [0.05, 0.1) is 12.8 Å². The lowest BCUT2D eigenvalue weighted by atomic mass is 10.1. The molecule has 1 aromatic heterocycles. The monoisotopic (exact) mass is 318 g/mol. The molecule has 0 aliphatic rings. The van der Waals surface area contributed by atoms with E-state index in [1.54, 1.807) is 18.2 Å². The van der Waals surface area contributed by atoms with Crippen LogP contribution in [0.15, 0.2) is 47.8 Å². The number of aromatic nitrogens is 1. The van der Waals surface area contributed by atoms with E-state index in [9.17, 15) is 8.78 Å². The predicted molar refractivity (Wildman–Crippen MR) is 83.7 cm³/mol. The molecule has 3 nitrogen and oxygen atoms in total. The number of halogens is 2. The molecular formula is C16H12F2N2OS. The largest absolute Gasteiger partial charge is 0.497 e. The molecule has 0 spiro atoms. The average Bonchev–Trinajstić information content (AvgIpc) is 2.97. The molecule has 3 aromatic rings. The van der Waals surface area contributed by atoms with Crippen LogP contribution < -0.4 is 10.1 Å². The quantitative estimate of drug-likeness (QED) is 0.747. The van der Waals surface area contributed by atoms with Crippen molar-refractivity contribution in [1.82, 2.24) is 4.98 Å². The van der Waals surface area contributed by atoms with Crippen molar-refractivity contribution < 1.29 is 13.5 Å². The van der Waals surface area contributed by atoms with Crippen molar-refractivity contribution in [2.75, 3.05) is 12.4 Å². The van der Waals surface area contributed by atoms with Gasteiger partial charge < -0.3 is 10.1 Å². The number of thiazole rings is 1. The first-order chi connectivity index (χ1) is 10.6. The Balaban J connectivity index is 1.84. The van der Waals surface area contributed by atoms with Crippen molar-refractivity contribution >= 4 is 22.2 Å². The summed E-state index contributed by atoms with van der Waals surface area (Å²) in [7, 11) is 1.49. The minimum Gasteiger partial charge on any atom is -0.497 e. The van der Waals surface area contributed by atoms with Crippen LogP contribution in [0.2, 0.25) is 0 Å². The Morgan fingerprint density at radius 2 is 1.82 bits per heavy atom. The third-order valence-corrected chi connectivity index (χ3v) is 3.76. The first kappa shape index (κ1) is 14.5. The fourth-order valence-electron chi connectivity index (χ4n) is 1.95. The van der Waals surface area contributed by atoms with E-state index in [4.69, 9.17) is 4.74 Å². The average molecular weight is 318 g/mol. The van der Waals surface area contributed by atoms with Crippen molar-refractivity contribution in [2.24, 2.45) is 0 Å². The van der Waals surface area contributed by atoms with Gasteiger partial charge in [0.2, 0.25) is 0 Å². The van der Waals surface area contributed by atoms with Crippen molar-refractivity contribution in [1.29, 1.82) is 0 Å². The summed E-state index contributed by atoms with van der Waals surface area (Å²) >= 11 is 1.38. The standard InChI is InChI=1S/C16H12F2N2OS/c1-21-14-7-10(6-12(18)8-14)15-9-22-16(20-15)19-13-4-2-11(17)3-5-13/h2-9H,1H3,(H,19,20). The van der Waals surface area contributed by atoms with Gasteiger partial charge in [0.1, 0.15) is 17.4 Å². The second kappa shape index (κ2) is 6.11. The van der Waals surface area contributed by atoms with Gasteiger partial charge in [0.25, 0.3) is 0 Å². The number of rotatable bonds is 4. The first-order valence-corrected chi connectivity index (χ1v) is 7.35. The van der Waals surface area contributed by atoms with E-state index in [2.05, 4.69) is 10.3 Å². The second-order valence-electron chi connectivity index (χ2n) is 4.55. The van der Waals surface area contributed by atoms with Gasteiger partial charge in [-0.1, -0.05) is 0 Å². The molecule has 22 heavy (non-hydrogen) atoms. The lowest BCUT2D eigenvalue weighted by Gasteiger charge is -2.03. The molecule has 0 bridgehead atoms. The van der Waals surface area contributed by atoms with Gasteiger partial charge in [-0.3, -0.25) is 0 Å². The minimum absolute atomic E-state index is 0.294. The normalized spacial score (nSPS) is 10.5. The van der Waals surface area contributed by atoms with E-state index < -0.39 is 0 Å². The number of nitrogens with one attached hydrogen (secondary N) is 1. The molecular weight excluding hydrogens is 306 g/mol. The van der Waals surface area contributed by atoms with Gasteiger partial charge in [0.15, 0.2) is 5.13 Å². The van der Waals surface area contributed by atoms with Crippen molar-refractivity contribution in [3.05, 3.63) is 59.5 Å². The summed E-state index contributed by atoms with van der Waals surface area (Å²) in [5.41, 5.74) is 2.02. The fraction of sp³-hybridized carbons (Fsp3) is 0.0625. The summed E-state index contributed by atoms with van der Waals surface area (Å²) < 4.78 is 31.5. The molecule has 0 fully saturated rings. The van der Waals surface area contributed by atoms with Crippen LogP contribution in [0, 0.1) is 11.6 Å². The molecule has 0 aliphatic heterocycles. The van der Waals surface area contributed by atoms with E-state index in [0.717, 1.165) is 5.69 Å². The highest BCUT2D eigenvalue weighted by atomic mass is 32.1. The number of methoxy groups -OCH3 is 1. The Hall–Kier alpha value is -2.47. The van der Waals surface area contributed by atoms with Crippen molar-refractivity contribution in [3.8, 4) is 17.0 Å². The molecule has 1 N–H and O–H groups in total. The molecule has 0 saturated carbocycles. The fourth-order valence-corrected chi connectivity index (χ4v) is 2.69. The van der Waals surface area contributed by atoms with E-state index in [1.807, 2.05) is 5.38 Å². The zero-order valence-electron chi connectivity index (χ0n) is 11.6. The van der Waals surface area contributed by atoms with Gasteiger partial charge in [0, 0.05) is 22.7 Å². The number of hydrogen-bond donors (Lipinski definition) is 1. The van der Waals surface area contributed by atoms with Crippen LogP contribution in [0.5, 0.6) is 5.75 Å². The van der Waals surface area contributed by atoms with Crippen molar-refractivity contribution in [3.63, 3.8) is 0 Å². The molecule has 2 aromatic carbocycles. The summed E-state index contributed by atoms with van der Waals surface area (Å²) in [5, 5.41) is 5.54. The van der Waals surface area contributed by atoms with Crippen LogP contribution in [0.25, 0.3) is 11.3 Å². The number of nitrogens with zero attached hydrogens (tertiary/aromatic N) is 1. The van der Waals surface area contributed by atoms with Crippen molar-refractivity contribution in [2.45, 2.75) is 0 Å². The van der Waals surface area contributed by atoms with E-state index in [0.29, 0.717) is 22.1 Å². The Bertz CT molecular complexity index is 787. The van der Waals surface area contributed by atoms with Crippen LogP contribution in [0.4, 0.5) is 19.6 Å². The lowest BCUT2D eigenvalue weighted by molar-refractivity contribution is 0.411. The van der Waals surface area contributed by atoms with Gasteiger partial charge >= 0.3 is 0 Å². The molecule has 3 rings (SSSR count). The SMILES string of the molecule is COc1cc(F)cc(-c2csc(Nc3ccc(F)cc3)n2)c1. The van der Waals surface area contributed by atoms with E-state index in [-0.39, 0.29) is 11.6 Å². The van der Waals surface area contributed by atoms with E-state index in [1.165, 1.54) is 42.7 Å². The highest BCUT2D eigenvalue weighted by molar-refractivity contribution is 7.14. The smallest absolute Gasteiger partial charge is 0.187 e. The number of ether oxygens (including phenoxy) is 1. The molecule has 1 heterocycles. The molecule has 0 atom stereocenters. The van der Waals surface area contributed by atoms with Crippen LogP contribution >= 0.6 is 11.3 Å². The van der Waals surface area contributed by atoms with Gasteiger partial charge in [-0.25, -0.2) is 13.8 Å². The van der Waals surface area contributed by atoms with Gasteiger partial charge in [-0.05, 0) is 36.4 Å². The maximum atomic E-state index is 13.5. The minimum atomic E-state index is -0.379. The van der Waals surface area contributed by atoms with Gasteiger partial charge in [-0.15, -0.1) is 11.3 Å². The Morgan fingerprint density at radius 3 is 2.55 bits per heavy atom. The summed E-state index contributed by atoms with van der Waals surface area (Å²) in [4.78, 5) is 4.41. The molecule has 112 valence electrons. The Kier molecular flexibility index (Phi) is 4.02. The van der Waals surface area contributed by atoms with E-state index >= 15 is 0 Å². The molecule has 0 saturated heterocycles. The lowest BCUT2D eigenvalue weighted by Crippen LogP contribution is -1.90. The summed E-state index contributed by atoms with van der Waals surface area (Å²) in [6.07, 6.45) is 0. The summed E-state index contributed by atoms with van der Waals surface area (Å²) in [5.74, 6) is -0.233. The summed E-state index contributed by atoms with van der Waals surface area (Å²) in [6, 6.07) is 10.4. The molecule has 0 aliphatic carbocycles. The first-order valence-electron chi connectivity index (χ1n) is 6.47. The van der Waals surface area contributed by atoms with Gasteiger partial charge in [-0.2, -0.15) is 0 Å². The highest BCUT2D eigenvalue weighted by Gasteiger charge is 2.08. The van der Waals surface area contributed by atoms with Crippen LogP contribution in [0.3, 0.4) is 0 Å². The number of benzene rings is 2. The van der Waals surface area contributed by atoms with Crippen LogP contribution in [-0.2, 0) is 0 Å². The maximum Gasteiger partial charge on any atom is 0.187 e. The molecule has 0 radical (unpaired) electrons. The second-order valence-corrected chi connectivity index (χ2v) is 5.41. The van der Waals surface area contributed by atoms with Crippen LogP contribution in [0.1, 0.15) is 0 Å². The predicted octanol–water partition coefficient (Wildman–Crippen LogP) is 4.84. The molecule has 0 amide bonds. The third-order valence-electron chi connectivity index (χ3n) is 3.00. The summed E-state index contributed by atoms with van der Waals surface area (Å²) in [6.45, 7) is 0. The third kappa shape index (κ3) is 3.23. The Morgan fingerprint density at radius 1 is 1.05 bits per heavy atom. The number of anilines is 2. The molecule has 0 unspecified atom stereocenters.